The molecule has 0 radical (unpaired) electrons. The van der Waals surface area contributed by atoms with Crippen LogP contribution in [0, 0.1) is 17.8 Å². The number of imidazole rings is 2. The molecule has 1 aliphatic heterocycles. The number of carbonyl (C=O) groups is 4. The molecule has 0 unspecified atom stereocenters. The molecule has 6 aromatic rings. The molecule has 4 N–H and O–H groups in total. The summed E-state index contributed by atoms with van der Waals surface area (Å²) in [5, 5.41) is 7.71. The van der Waals surface area contributed by atoms with Crippen LogP contribution in [0.1, 0.15) is 78.0 Å². The van der Waals surface area contributed by atoms with Crippen molar-refractivity contribution in [1.82, 2.24) is 40.4 Å². The summed E-state index contributed by atoms with van der Waals surface area (Å²) in [6.07, 6.45) is 4.23. The first-order chi connectivity index (χ1) is 30.8. The zero-order chi connectivity index (χ0) is 45.2. The van der Waals surface area contributed by atoms with Gasteiger partial charge in [-0.2, -0.15) is 0 Å². The number of carbonyl (C=O) groups excluding carboxylic acids is 4. The molecule has 8 rings (SSSR count). The van der Waals surface area contributed by atoms with Crippen molar-refractivity contribution in [3.8, 4) is 33.5 Å². The van der Waals surface area contributed by atoms with E-state index in [0.717, 1.165) is 86.8 Å². The van der Waals surface area contributed by atoms with Crippen LogP contribution in [0.15, 0.2) is 85.1 Å². The summed E-state index contributed by atoms with van der Waals surface area (Å²) in [6, 6.07) is 26.2. The Morgan fingerprint density at radius 3 is 2.00 bits per heavy atom. The lowest BCUT2D eigenvalue weighted by atomic mass is 9.95. The van der Waals surface area contributed by atoms with Gasteiger partial charge in [-0.3, -0.25) is 9.59 Å². The average Bonchev–Trinajstić information content (AvgIpc) is 4.13. The van der Waals surface area contributed by atoms with Crippen LogP contribution in [0.2, 0.25) is 0 Å². The Kier molecular flexibility index (Phi) is 12.7. The lowest BCUT2D eigenvalue weighted by molar-refractivity contribution is -0.139. The Bertz CT molecular complexity index is 2670. The van der Waals surface area contributed by atoms with Gasteiger partial charge in [-0.05, 0) is 106 Å². The van der Waals surface area contributed by atoms with E-state index in [1.807, 2.05) is 45.6 Å². The molecule has 1 saturated carbocycles. The van der Waals surface area contributed by atoms with Crippen LogP contribution in [0.4, 0.5) is 9.59 Å². The zero-order valence-electron chi connectivity index (χ0n) is 37.6. The van der Waals surface area contributed by atoms with Crippen molar-refractivity contribution in [3.63, 3.8) is 0 Å². The maximum absolute atomic E-state index is 14.0. The van der Waals surface area contributed by atoms with Crippen LogP contribution in [-0.2, 0) is 25.6 Å². The van der Waals surface area contributed by atoms with Gasteiger partial charge in [0.15, 0.2) is 0 Å². The number of aromatic amines is 2. The van der Waals surface area contributed by atoms with Gasteiger partial charge in [0, 0.05) is 12.6 Å². The number of H-pyrrole nitrogens is 2. The van der Waals surface area contributed by atoms with Gasteiger partial charge in [0.25, 0.3) is 0 Å². The lowest BCUT2D eigenvalue weighted by Crippen LogP contribution is -2.54. The number of hydrogen-bond acceptors (Lipinski definition) is 8. The molecular formula is C50H58N8O6. The van der Waals surface area contributed by atoms with E-state index in [4.69, 9.17) is 14.5 Å². The Hall–Kier alpha value is -6.70. The van der Waals surface area contributed by atoms with Crippen molar-refractivity contribution < 1.29 is 28.7 Å². The van der Waals surface area contributed by atoms with E-state index in [9.17, 15) is 19.2 Å². The molecule has 2 fully saturated rings. The van der Waals surface area contributed by atoms with Crippen LogP contribution >= 0.6 is 0 Å². The fourth-order valence-electron chi connectivity index (χ4n) is 9.52. The molecule has 5 atom stereocenters. The van der Waals surface area contributed by atoms with E-state index in [-0.39, 0.29) is 42.3 Å². The molecule has 14 nitrogen and oxygen atoms in total. The number of aromatic nitrogens is 4. The number of fused-ring (bicyclic) bond motifs is 4. The van der Waals surface area contributed by atoms with E-state index in [2.05, 4.69) is 98.4 Å². The number of methoxy groups -OCH3 is 2. The number of benzene rings is 4. The Labute approximate surface area is 373 Å². The molecule has 2 aromatic heterocycles. The summed E-state index contributed by atoms with van der Waals surface area (Å²) in [4.78, 5) is 72.0. The van der Waals surface area contributed by atoms with Crippen LogP contribution in [-0.4, -0.2) is 92.6 Å². The van der Waals surface area contributed by atoms with E-state index < -0.39 is 24.3 Å². The van der Waals surface area contributed by atoms with Crippen LogP contribution in [0.3, 0.4) is 0 Å². The number of nitrogens with one attached hydrogen (secondary N) is 4. The minimum Gasteiger partial charge on any atom is -0.453 e. The highest BCUT2D eigenvalue weighted by molar-refractivity contribution is 5.93. The van der Waals surface area contributed by atoms with E-state index in [1.54, 1.807) is 11.1 Å². The number of alkyl carbamates (subject to hydrolysis) is 2. The topological polar surface area (TPSA) is 175 Å². The largest absolute Gasteiger partial charge is 0.453 e. The molecule has 2 bridgehead atoms. The lowest BCUT2D eigenvalue weighted by Gasteiger charge is -2.37. The second-order valence-corrected chi connectivity index (χ2v) is 17.8. The predicted octanol–water partition coefficient (Wildman–Crippen LogP) is 8.99. The van der Waals surface area contributed by atoms with Crippen LogP contribution < -0.4 is 10.6 Å². The monoisotopic (exact) mass is 866 g/mol. The molecule has 3 heterocycles. The Morgan fingerprint density at radius 2 is 1.36 bits per heavy atom. The summed E-state index contributed by atoms with van der Waals surface area (Å²) in [5.41, 5.74) is 7.93. The van der Waals surface area contributed by atoms with Crippen molar-refractivity contribution in [2.75, 3.05) is 20.8 Å². The predicted molar refractivity (Wildman–Crippen MR) is 247 cm³/mol. The van der Waals surface area contributed by atoms with Crippen molar-refractivity contribution in [3.05, 3.63) is 96.7 Å². The number of hydrogen-bond donors (Lipinski definition) is 4. The summed E-state index contributed by atoms with van der Waals surface area (Å²) >= 11 is 0. The molecule has 14 heteroatoms. The van der Waals surface area contributed by atoms with E-state index in [0.29, 0.717) is 18.3 Å². The second-order valence-electron chi connectivity index (χ2n) is 17.8. The summed E-state index contributed by atoms with van der Waals surface area (Å²) in [5.74, 6) is 1.27. The van der Waals surface area contributed by atoms with Crippen LogP contribution in [0.5, 0.6) is 0 Å². The van der Waals surface area contributed by atoms with E-state index in [1.165, 1.54) is 14.2 Å². The number of ether oxygens (including phenoxy) is 2. The SMILES string of the molecule is CCCN(Cc1ncc(-c2ccc(-c3ccc4cc(-c5ccc6nc([C@@H]7[C@H]8CC[C@H](C8)N7C(=O)[C@@H](NC(=O)OC)C(C)C)[nH]c6c5)ccc4c3)cc2)[nH]1)C(=O)[C@@H](NC(=O)OC)C(C)C. The maximum Gasteiger partial charge on any atom is 0.407 e. The van der Waals surface area contributed by atoms with Crippen molar-refractivity contribution in [2.45, 2.75) is 91.0 Å². The first kappa shape index (κ1) is 43.9. The fraction of sp³-hybridized carbons (Fsp3) is 0.400. The minimum absolute atomic E-state index is 0.0888. The van der Waals surface area contributed by atoms with Gasteiger partial charge in [0.05, 0.1) is 49.7 Å². The van der Waals surface area contributed by atoms with Crippen molar-refractivity contribution >= 4 is 45.8 Å². The van der Waals surface area contributed by atoms with Gasteiger partial charge >= 0.3 is 12.2 Å². The normalized spacial score (nSPS) is 17.8. The van der Waals surface area contributed by atoms with Crippen molar-refractivity contribution in [2.24, 2.45) is 17.8 Å². The number of rotatable bonds is 14. The smallest absolute Gasteiger partial charge is 0.407 e. The molecule has 334 valence electrons. The van der Waals surface area contributed by atoms with Crippen LogP contribution in [0.25, 0.3) is 55.3 Å². The average molecular weight is 867 g/mol. The first-order valence-corrected chi connectivity index (χ1v) is 22.3. The molecule has 64 heavy (non-hydrogen) atoms. The van der Waals surface area contributed by atoms with Gasteiger partial charge in [0.1, 0.15) is 23.7 Å². The number of nitrogens with zero attached hydrogens (tertiary/aromatic N) is 4. The highest BCUT2D eigenvalue weighted by atomic mass is 16.5. The molecule has 0 spiro atoms. The third-order valence-corrected chi connectivity index (χ3v) is 12.9. The molecule has 1 saturated heterocycles. The fourth-order valence-corrected chi connectivity index (χ4v) is 9.52. The molecule has 1 aliphatic carbocycles. The second kappa shape index (κ2) is 18.6. The van der Waals surface area contributed by atoms with Crippen molar-refractivity contribution in [1.29, 1.82) is 0 Å². The van der Waals surface area contributed by atoms with E-state index >= 15 is 0 Å². The van der Waals surface area contributed by atoms with Gasteiger partial charge in [0.2, 0.25) is 11.8 Å². The highest BCUT2D eigenvalue weighted by Crippen LogP contribution is 2.50. The minimum atomic E-state index is -0.709. The zero-order valence-corrected chi connectivity index (χ0v) is 37.6. The molecule has 4 aromatic carbocycles. The molecule has 4 amide bonds. The van der Waals surface area contributed by atoms with Gasteiger partial charge in [-0.1, -0.05) is 89.2 Å². The number of piperidine rings is 1. The Morgan fingerprint density at radius 1 is 0.766 bits per heavy atom. The summed E-state index contributed by atoms with van der Waals surface area (Å²) in [7, 11) is 2.60. The quantitative estimate of drug-likeness (QED) is 0.0839. The maximum atomic E-state index is 14.0. The van der Waals surface area contributed by atoms with Gasteiger partial charge in [-0.15, -0.1) is 0 Å². The third-order valence-electron chi connectivity index (χ3n) is 12.9. The first-order valence-electron chi connectivity index (χ1n) is 22.3. The Balaban J connectivity index is 0.959. The molecular weight excluding hydrogens is 809 g/mol. The highest BCUT2D eigenvalue weighted by Gasteiger charge is 2.51. The van der Waals surface area contributed by atoms with Gasteiger partial charge in [-0.25, -0.2) is 19.6 Å². The standard InChI is InChI=1S/C50H58N8O6/c1-8-21-57(47(59)43(28(2)3)55-49(61)63-6)27-42-51-26-41(52-42)31-11-9-30(10-12-31)32-13-14-34-23-35(16-15-33(34)22-32)36-18-20-39-40(25-36)54-46(53-39)45-37-17-19-38(24-37)58(45)48(60)44(29(4)5)56-50(62)64-7/h9-16,18,20,22-23,25-26,28-29,37-38,43-45H,8,17,19,21,24,27H2,1-7H3,(H,51,52)(H,53,54)(H,55,61)(H,56,62)/t37-,38+,43-,44-,45-/m0/s1. The summed E-state index contributed by atoms with van der Waals surface area (Å²) < 4.78 is 9.60. The third kappa shape index (κ3) is 8.91. The number of likely N-dealkylation sites (tertiary alicyclic amines) is 1. The van der Waals surface area contributed by atoms with Gasteiger partial charge < -0.3 is 39.9 Å². The number of amides is 4. The summed E-state index contributed by atoms with van der Waals surface area (Å²) in [6.45, 7) is 10.5. The molecule has 2 aliphatic rings.